The molecule has 0 unspecified atom stereocenters. The van der Waals surface area contributed by atoms with Gasteiger partial charge in [0.15, 0.2) is 5.78 Å². The minimum Gasteiger partial charge on any atom is -0.478 e. The van der Waals surface area contributed by atoms with Crippen molar-refractivity contribution in [2.75, 3.05) is 0 Å². The molecular weight excluding hydrogens is 228 g/mol. The van der Waals surface area contributed by atoms with Gasteiger partial charge in [0.05, 0.1) is 5.56 Å². The third-order valence-corrected chi connectivity index (χ3v) is 2.62. The van der Waals surface area contributed by atoms with Gasteiger partial charge in [-0.15, -0.1) is 0 Å². The van der Waals surface area contributed by atoms with Crippen molar-refractivity contribution in [3.63, 3.8) is 0 Å². The Morgan fingerprint density at radius 3 is 2.11 bits per heavy atom. The Balaban J connectivity index is 2.46. The molecule has 0 amide bonds. The fraction of sp³-hybridized carbons (Fsp3) is 0.0667. The number of hydrogen-bond donors (Lipinski definition) is 1. The molecule has 2 aromatic carbocycles. The third kappa shape index (κ3) is 2.46. The lowest BCUT2D eigenvalue weighted by atomic mass is 9.99. The SMILES string of the molecule is Cc1cc(C(=O)O)cc(C(=O)c2ccccc2)c1. The van der Waals surface area contributed by atoms with Crippen LogP contribution >= 0.6 is 0 Å². The topological polar surface area (TPSA) is 54.4 Å². The van der Waals surface area contributed by atoms with Crippen LogP contribution in [0.2, 0.25) is 0 Å². The standard InChI is InChI=1S/C15H12O3/c1-10-7-12(9-13(8-10)15(17)18)14(16)11-5-3-2-4-6-11/h2-9H,1H3,(H,17,18). The first-order chi connectivity index (χ1) is 8.58. The van der Waals surface area contributed by atoms with Crippen molar-refractivity contribution in [2.45, 2.75) is 6.92 Å². The van der Waals surface area contributed by atoms with Crippen molar-refractivity contribution in [1.82, 2.24) is 0 Å². The smallest absolute Gasteiger partial charge is 0.335 e. The molecule has 0 saturated carbocycles. The number of rotatable bonds is 3. The molecule has 0 spiro atoms. The number of hydrogen-bond acceptors (Lipinski definition) is 2. The first kappa shape index (κ1) is 12.0. The van der Waals surface area contributed by atoms with Gasteiger partial charge in [-0.3, -0.25) is 4.79 Å². The number of carbonyl (C=O) groups excluding carboxylic acids is 1. The van der Waals surface area contributed by atoms with Crippen LogP contribution in [0.25, 0.3) is 0 Å². The van der Waals surface area contributed by atoms with E-state index in [1.165, 1.54) is 6.07 Å². The molecule has 0 bridgehead atoms. The monoisotopic (exact) mass is 240 g/mol. The third-order valence-electron chi connectivity index (χ3n) is 2.62. The summed E-state index contributed by atoms with van der Waals surface area (Å²) in [5.41, 5.74) is 1.85. The maximum atomic E-state index is 12.2. The van der Waals surface area contributed by atoms with Crippen LogP contribution in [0.3, 0.4) is 0 Å². The Morgan fingerprint density at radius 2 is 1.50 bits per heavy atom. The minimum absolute atomic E-state index is 0.134. The summed E-state index contributed by atoms with van der Waals surface area (Å²) in [6, 6.07) is 13.5. The van der Waals surface area contributed by atoms with Crippen molar-refractivity contribution in [1.29, 1.82) is 0 Å². The summed E-state index contributed by atoms with van der Waals surface area (Å²) >= 11 is 0. The van der Waals surface area contributed by atoms with Crippen molar-refractivity contribution in [3.05, 3.63) is 70.8 Å². The predicted molar refractivity (Wildman–Crippen MR) is 68.0 cm³/mol. The molecular formula is C15H12O3. The van der Waals surface area contributed by atoms with Crippen LogP contribution in [0.1, 0.15) is 31.8 Å². The van der Waals surface area contributed by atoms with Gasteiger partial charge in [0.25, 0.3) is 0 Å². The predicted octanol–water partition coefficient (Wildman–Crippen LogP) is 2.92. The van der Waals surface area contributed by atoms with Crippen LogP contribution in [0.4, 0.5) is 0 Å². The molecule has 0 radical (unpaired) electrons. The molecule has 3 nitrogen and oxygen atoms in total. The van der Waals surface area contributed by atoms with E-state index in [0.29, 0.717) is 11.1 Å². The zero-order valence-corrected chi connectivity index (χ0v) is 9.88. The van der Waals surface area contributed by atoms with Gasteiger partial charge in [-0.05, 0) is 30.7 Å². The summed E-state index contributed by atoms with van der Waals surface area (Å²) in [6.07, 6.45) is 0. The largest absolute Gasteiger partial charge is 0.478 e. The molecule has 0 aliphatic carbocycles. The lowest BCUT2D eigenvalue weighted by Crippen LogP contribution is -2.05. The Morgan fingerprint density at radius 1 is 0.889 bits per heavy atom. The van der Waals surface area contributed by atoms with Crippen LogP contribution < -0.4 is 0 Å². The van der Waals surface area contributed by atoms with Gasteiger partial charge >= 0.3 is 5.97 Å². The average Bonchev–Trinajstić information content (AvgIpc) is 2.38. The molecule has 90 valence electrons. The summed E-state index contributed by atoms with van der Waals surface area (Å²) in [5, 5.41) is 8.97. The first-order valence-corrected chi connectivity index (χ1v) is 5.52. The minimum atomic E-state index is -1.03. The number of ketones is 1. The Hall–Kier alpha value is -2.42. The second-order valence-corrected chi connectivity index (χ2v) is 4.09. The van der Waals surface area contributed by atoms with E-state index >= 15 is 0 Å². The highest BCUT2D eigenvalue weighted by Crippen LogP contribution is 2.14. The summed E-state index contributed by atoms with van der Waals surface area (Å²) in [6.45, 7) is 1.77. The van der Waals surface area contributed by atoms with E-state index in [1.807, 2.05) is 6.07 Å². The van der Waals surface area contributed by atoms with Gasteiger partial charge in [-0.2, -0.15) is 0 Å². The van der Waals surface area contributed by atoms with Gasteiger partial charge < -0.3 is 5.11 Å². The molecule has 0 fully saturated rings. The van der Waals surface area contributed by atoms with Crippen LogP contribution in [-0.4, -0.2) is 16.9 Å². The van der Waals surface area contributed by atoms with Crippen LogP contribution in [-0.2, 0) is 0 Å². The van der Waals surface area contributed by atoms with E-state index in [2.05, 4.69) is 0 Å². The van der Waals surface area contributed by atoms with Crippen molar-refractivity contribution in [2.24, 2.45) is 0 Å². The zero-order valence-electron chi connectivity index (χ0n) is 9.88. The van der Waals surface area contributed by atoms with Crippen LogP contribution in [0.15, 0.2) is 48.5 Å². The number of carbonyl (C=O) groups is 2. The maximum Gasteiger partial charge on any atom is 0.335 e. The summed E-state index contributed by atoms with van der Waals surface area (Å²) in [4.78, 5) is 23.1. The maximum absolute atomic E-state index is 12.2. The number of benzene rings is 2. The molecule has 0 heterocycles. The molecule has 0 aliphatic rings. The van der Waals surface area contributed by atoms with E-state index in [-0.39, 0.29) is 11.3 Å². The summed E-state index contributed by atoms with van der Waals surface area (Å²) in [7, 11) is 0. The van der Waals surface area contributed by atoms with Crippen LogP contribution in [0.5, 0.6) is 0 Å². The van der Waals surface area contributed by atoms with Gasteiger partial charge in [0, 0.05) is 11.1 Å². The highest BCUT2D eigenvalue weighted by atomic mass is 16.4. The van der Waals surface area contributed by atoms with Gasteiger partial charge in [-0.1, -0.05) is 30.3 Å². The molecule has 1 N–H and O–H groups in total. The van der Waals surface area contributed by atoms with E-state index in [0.717, 1.165) is 5.56 Å². The van der Waals surface area contributed by atoms with Gasteiger partial charge in [0.1, 0.15) is 0 Å². The molecule has 0 aliphatic heterocycles. The van der Waals surface area contributed by atoms with Crippen molar-refractivity contribution in [3.8, 4) is 0 Å². The fourth-order valence-electron chi connectivity index (χ4n) is 1.79. The lowest BCUT2D eigenvalue weighted by molar-refractivity contribution is 0.0696. The van der Waals surface area contributed by atoms with Gasteiger partial charge in [-0.25, -0.2) is 4.79 Å². The molecule has 3 heteroatoms. The summed E-state index contributed by atoms with van der Waals surface area (Å²) in [5.74, 6) is -1.19. The molecule has 2 aromatic rings. The van der Waals surface area contributed by atoms with E-state index in [9.17, 15) is 9.59 Å². The highest BCUT2D eigenvalue weighted by Gasteiger charge is 2.12. The van der Waals surface area contributed by atoms with Crippen molar-refractivity contribution < 1.29 is 14.7 Å². The second kappa shape index (κ2) is 4.84. The van der Waals surface area contributed by atoms with Gasteiger partial charge in [0.2, 0.25) is 0 Å². The molecule has 0 aromatic heterocycles. The Kier molecular flexibility index (Phi) is 3.24. The van der Waals surface area contributed by atoms with E-state index < -0.39 is 5.97 Å². The lowest BCUT2D eigenvalue weighted by Gasteiger charge is -2.04. The Labute approximate surface area is 105 Å². The highest BCUT2D eigenvalue weighted by molar-refractivity contribution is 6.10. The van der Waals surface area contributed by atoms with E-state index in [4.69, 9.17) is 5.11 Å². The zero-order chi connectivity index (χ0) is 13.1. The number of carboxylic acids is 1. The molecule has 18 heavy (non-hydrogen) atoms. The van der Waals surface area contributed by atoms with Crippen molar-refractivity contribution >= 4 is 11.8 Å². The molecule has 0 atom stereocenters. The normalized spacial score (nSPS) is 10.1. The quantitative estimate of drug-likeness (QED) is 0.839. The number of aryl methyl sites for hydroxylation is 1. The fourth-order valence-corrected chi connectivity index (χ4v) is 1.79. The Bertz CT molecular complexity index is 600. The molecule has 0 saturated heterocycles. The second-order valence-electron chi connectivity index (χ2n) is 4.09. The average molecular weight is 240 g/mol. The number of carboxylic acid groups (broad SMARTS) is 1. The van der Waals surface area contributed by atoms with Crippen LogP contribution in [0, 0.1) is 6.92 Å². The molecule has 2 rings (SSSR count). The first-order valence-electron chi connectivity index (χ1n) is 5.52. The summed E-state index contributed by atoms with van der Waals surface area (Å²) < 4.78 is 0. The van der Waals surface area contributed by atoms with E-state index in [1.54, 1.807) is 43.3 Å². The number of aromatic carboxylic acids is 1.